The lowest BCUT2D eigenvalue weighted by atomic mass is 10.2. The van der Waals surface area contributed by atoms with Crippen LogP contribution in [0.5, 0.6) is 0 Å². The van der Waals surface area contributed by atoms with Crippen molar-refractivity contribution in [3.63, 3.8) is 0 Å². The molecule has 0 atom stereocenters. The van der Waals surface area contributed by atoms with Crippen molar-refractivity contribution < 1.29 is 8.42 Å². The van der Waals surface area contributed by atoms with Crippen molar-refractivity contribution in [1.82, 2.24) is 9.78 Å². The molecule has 0 bridgehead atoms. The predicted molar refractivity (Wildman–Crippen MR) is 115 cm³/mol. The van der Waals surface area contributed by atoms with Crippen LogP contribution in [0.1, 0.15) is 11.1 Å². The summed E-state index contributed by atoms with van der Waals surface area (Å²) < 4.78 is 30.0. The number of aryl methyl sites for hydroxylation is 1. The van der Waals surface area contributed by atoms with Crippen LogP contribution >= 0.6 is 0 Å². The van der Waals surface area contributed by atoms with Gasteiger partial charge in [0.2, 0.25) is 0 Å². The van der Waals surface area contributed by atoms with Crippen LogP contribution in [0.4, 0.5) is 5.69 Å². The fraction of sp³-hybridized carbons (Fsp3) is 0.0870. The summed E-state index contributed by atoms with van der Waals surface area (Å²) in [6, 6.07) is 25.8. The van der Waals surface area contributed by atoms with E-state index in [0.717, 1.165) is 16.8 Å². The molecule has 0 saturated heterocycles. The van der Waals surface area contributed by atoms with Crippen molar-refractivity contribution in [2.45, 2.75) is 18.4 Å². The van der Waals surface area contributed by atoms with Crippen LogP contribution < -0.4 is 4.31 Å². The summed E-state index contributed by atoms with van der Waals surface area (Å²) in [5, 5.41) is 4.39. The summed E-state index contributed by atoms with van der Waals surface area (Å²) in [5.74, 6) is 0. The first-order valence-corrected chi connectivity index (χ1v) is 10.7. The van der Waals surface area contributed by atoms with Crippen molar-refractivity contribution >= 4 is 15.7 Å². The Balaban J connectivity index is 1.71. The number of benzene rings is 3. The normalized spacial score (nSPS) is 11.3. The van der Waals surface area contributed by atoms with E-state index in [9.17, 15) is 8.42 Å². The highest BCUT2D eigenvalue weighted by Crippen LogP contribution is 2.26. The average Bonchev–Trinajstić information content (AvgIpc) is 3.22. The third-order valence-electron chi connectivity index (χ3n) is 4.64. The number of nitrogens with zero attached hydrogens (tertiary/aromatic N) is 3. The Morgan fingerprint density at radius 2 is 1.48 bits per heavy atom. The number of para-hydroxylation sites is 2. The van der Waals surface area contributed by atoms with Gasteiger partial charge in [-0.25, -0.2) is 13.1 Å². The molecule has 0 spiro atoms. The molecule has 4 rings (SSSR count). The minimum absolute atomic E-state index is 0.188. The molecule has 0 radical (unpaired) electrons. The highest BCUT2D eigenvalue weighted by Gasteiger charge is 2.25. The highest BCUT2D eigenvalue weighted by molar-refractivity contribution is 7.92. The molecule has 0 aliphatic rings. The van der Waals surface area contributed by atoms with Crippen molar-refractivity contribution in [1.29, 1.82) is 0 Å². The molecular formula is C23H21N3O2S. The molecule has 3 aromatic carbocycles. The number of aromatic nitrogens is 2. The molecule has 0 aliphatic carbocycles. The topological polar surface area (TPSA) is 55.2 Å². The molecule has 5 nitrogen and oxygen atoms in total. The summed E-state index contributed by atoms with van der Waals surface area (Å²) in [6.45, 7) is 2.12. The van der Waals surface area contributed by atoms with E-state index in [1.165, 1.54) is 4.31 Å². The first-order chi connectivity index (χ1) is 14.0. The Morgan fingerprint density at radius 3 is 2.14 bits per heavy atom. The van der Waals surface area contributed by atoms with Gasteiger partial charge < -0.3 is 0 Å². The Labute approximate surface area is 170 Å². The largest absolute Gasteiger partial charge is 0.264 e. The monoisotopic (exact) mass is 403 g/mol. The van der Waals surface area contributed by atoms with Crippen LogP contribution in [0.3, 0.4) is 0 Å². The summed E-state index contributed by atoms with van der Waals surface area (Å²) in [7, 11) is -3.73. The summed E-state index contributed by atoms with van der Waals surface area (Å²) in [5.41, 5.74) is 3.35. The van der Waals surface area contributed by atoms with Crippen molar-refractivity contribution in [2.75, 3.05) is 4.31 Å². The number of hydrogen-bond acceptors (Lipinski definition) is 3. The van der Waals surface area contributed by atoms with E-state index in [1.54, 1.807) is 35.1 Å². The summed E-state index contributed by atoms with van der Waals surface area (Å²) in [6.07, 6.45) is 3.56. The zero-order chi connectivity index (χ0) is 20.3. The molecule has 29 heavy (non-hydrogen) atoms. The molecule has 0 saturated carbocycles. The van der Waals surface area contributed by atoms with Gasteiger partial charge in [0, 0.05) is 11.8 Å². The number of sulfonamides is 1. The lowest BCUT2D eigenvalue weighted by Crippen LogP contribution is -2.30. The number of hydrogen-bond donors (Lipinski definition) is 0. The second-order valence-electron chi connectivity index (χ2n) is 6.79. The molecule has 0 aliphatic heterocycles. The molecule has 4 aromatic rings. The fourth-order valence-corrected chi connectivity index (χ4v) is 4.53. The van der Waals surface area contributed by atoms with Gasteiger partial charge in [-0.05, 0) is 43.3 Å². The van der Waals surface area contributed by atoms with Gasteiger partial charge in [0.15, 0.2) is 0 Å². The average molecular weight is 404 g/mol. The van der Waals surface area contributed by atoms with E-state index in [1.807, 2.05) is 73.8 Å². The zero-order valence-corrected chi connectivity index (χ0v) is 16.8. The van der Waals surface area contributed by atoms with Crippen LogP contribution in [0, 0.1) is 6.92 Å². The van der Waals surface area contributed by atoms with Crippen LogP contribution in [0.25, 0.3) is 5.69 Å². The van der Waals surface area contributed by atoms with Gasteiger partial charge in [0.05, 0.1) is 29.0 Å². The molecule has 6 heteroatoms. The summed E-state index contributed by atoms with van der Waals surface area (Å²) >= 11 is 0. The summed E-state index contributed by atoms with van der Waals surface area (Å²) in [4.78, 5) is 0.266. The van der Waals surface area contributed by atoms with Crippen LogP contribution in [0.2, 0.25) is 0 Å². The molecule has 1 heterocycles. The lowest BCUT2D eigenvalue weighted by Gasteiger charge is -2.24. The first-order valence-electron chi connectivity index (χ1n) is 9.27. The molecule has 0 N–H and O–H groups in total. The smallest absolute Gasteiger partial charge is 0.262 e. The van der Waals surface area contributed by atoms with Crippen LogP contribution in [-0.4, -0.2) is 18.2 Å². The SMILES string of the molecule is Cc1ccc(S(=O)(=O)N(Cc2cnn(-c3ccccc3)c2)c2ccccc2)cc1. The fourth-order valence-electron chi connectivity index (χ4n) is 3.08. The minimum atomic E-state index is -3.73. The van der Waals surface area contributed by atoms with Gasteiger partial charge in [-0.2, -0.15) is 5.10 Å². The first kappa shape index (κ1) is 19.0. The van der Waals surface area contributed by atoms with Crippen molar-refractivity contribution in [3.05, 3.63) is 108 Å². The van der Waals surface area contributed by atoms with Crippen molar-refractivity contribution in [2.24, 2.45) is 0 Å². The van der Waals surface area contributed by atoms with E-state index < -0.39 is 10.0 Å². The minimum Gasteiger partial charge on any atom is -0.262 e. The third kappa shape index (κ3) is 4.07. The van der Waals surface area contributed by atoms with Gasteiger partial charge in [-0.15, -0.1) is 0 Å². The van der Waals surface area contributed by atoms with Gasteiger partial charge in [0.1, 0.15) is 0 Å². The lowest BCUT2D eigenvalue weighted by molar-refractivity contribution is 0.590. The van der Waals surface area contributed by atoms with Crippen LogP contribution in [-0.2, 0) is 16.6 Å². The zero-order valence-electron chi connectivity index (χ0n) is 16.0. The van der Waals surface area contributed by atoms with E-state index in [4.69, 9.17) is 0 Å². The second kappa shape index (κ2) is 7.93. The molecule has 1 aromatic heterocycles. The second-order valence-corrected chi connectivity index (χ2v) is 8.65. The predicted octanol–water partition coefficient (Wildman–Crippen LogP) is 4.58. The third-order valence-corrected chi connectivity index (χ3v) is 6.42. The number of rotatable bonds is 6. The molecule has 0 amide bonds. The molecular weight excluding hydrogens is 382 g/mol. The Bertz CT molecular complexity index is 1190. The van der Waals surface area contributed by atoms with Gasteiger partial charge in [0.25, 0.3) is 10.0 Å². The van der Waals surface area contributed by atoms with Gasteiger partial charge in [-0.3, -0.25) is 4.31 Å². The maximum atomic E-state index is 13.4. The van der Waals surface area contributed by atoms with Gasteiger partial charge in [-0.1, -0.05) is 54.1 Å². The molecule has 0 fully saturated rings. The number of anilines is 1. The molecule has 146 valence electrons. The Hall–Kier alpha value is -3.38. The Kier molecular flexibility index (Phi) is 5.18. The quantitative estimate of drug-likeness (QED) is 0.474. The van der Waals surface area contributed by atoms with E-state index in [2.05, 4.69) is 5.10 Å². The molecule has 0 unspecified atom stereocenters. The Morgan fingerprint density at radius 1 is 0.862 bits per heavy atom. The maximum Gasteiger partial charge on any atom is 0.264 e. The van der Waals surface area contributed by atoms with E-state index in [0.29, 0.717) is 5.69 Å². The highest BCUT2D eigenvalue weighted by atomic mass is 32.2. The van der Waals surface area contributed by atoms with Crippen molar-refractivity contribution in [3.8, 4) is 5.69 Å². The van der Waals surface area contributed by atoms with Crippen LogP contribution in [0.15, 0.2) is 102 Å². The standard InChI is InChI=1S/C23H21N3O2S/c1-19-12-14-23(15-13-19)29(27,28)26(22-10-6-3-7-11-22)18-20-16-24-25(17-20)21-8-4-2-5-9-21/h2-17H,18H2,1H3. The maximum absolute atomic E-state index is 13.4. The van der Waals surface area contributed by atoms with E-state index >= 15 is 0 Å². The van der Waals surface area contributed by atoms with E-state index in [-0.39, 0.29) is 11.4 Å². The van der Waals surface area contributed by atoms with Gasteiger partial charge >= 0.3 is 0 Å².